The van der Waals surface area contributed by atoms with E-state index in [9.17, 15) is 4.79 Å². The van der Waals surface area contributed by atoms with Gasteiger partial charge in [0.1, 0.15) is 5.75 Å². The van der Waals surface area contributed by atoms with E-state index < -0.39 is 5.54 Å². The second-order valence-corrected chi connectivity index (χ2v) is 10.7. The van der Waals surface area contributed by atoms with E-state index in [-0.39, 0.29) is 17.8 Å². The third-order valence-electron chi connectivity index (χ3n) is 7.33. The van der Waals surface area contributed by atoms with E-state index in [0.29, 0.717) is 12.3 Å². The van der Waals surface area contributed by atoms with Gasteiger partial charge in [0, 0.05) is 28.1 Å². The van der Waals surface area contributed by atoms with Crippen LogP contribution in [0, 0.1) is 5.92 Å². The van der Waals surface area contributed by atoms with Crippen molar-refractivity contribution in [2.24, 2.45) is 5.92 Å². The van der Waals surface area contributed by atoms with Crippen molar-refractivity contribution in [3.8, 4) is 17.0 Å². The summed E-state index contributed by atoms with van der Waals surface area (Å²) in [5.74, 6) is -0.0703. The molecule has 0 radical (unpaired) electrons. The number of nitrogens with zero attached hydrogens (tertiary/aromatic N) is 3. The topological polar surface area (TPSA) is 55.3 Å². The molecule has 3 aliphatic rings. The molecule has 3 unspecified atom stereocenters. The molecule has 0 amide bonds. The largest absolute Gasteiger partial charge is 0.425 e. The van der Waals surface area contributed by atoms with Crippen LogP contribution in [0.1, 0.15) is 22.7 Å². The second kappa shape index (κ2) is 6.72. The van der Waals surface area contributed by atoms with Gasteiger partial charge in [0.15, 0.2) is 0 Å². The number of esters is 1. The average molecular weight is 563 g/mol. The van der Waals surface area contributed by atoms with E-state index in [1.54, 1.807) is 0 Å². The Morgan fingerprint density at radius 1 is 1.03 bits per heavy atom. The highest BCUT2D eigenvalue weighted by atomic mass is 79.9. The molecule has 4 aromatic rings. The molecular formula is C26H17Br2N3O2. The molecular weight excluding hydrogens is 546 g/mol. The highest BCUT2D eigenvalue weighted by Gasteiger charge is 2.64. The van der Waals surface area contributed by atoms with Crippen molar-refractivity contribution in [2.45, 2.75) is 11.5 Å². The molecule has 3 aromatic carbocycles. The minimum absolute atomic E-state index is 0.162. The third kappa shape index (κ3) is 2.42. The Labute approximate surface area is 207 Å². The quantitative estimate of drug-likeness (QED) is 0.205. The van der Waals surface area contributed by atoms with Crippen LogP contribution in [0.2, 0.25) is 0 Å². The van der Waals surface area contributed by atoms with Gasteiger partial charge in [0.2, 0.25) is 0 Å². The number of ether oxygens (including phenoxy) is 1. The van der Waals surface area contributed by atoms with Gasteiger partial charge >= 0.3 is 5.97 Å². The first-order valence-electron chi connectivity index (χ1n) is 10.8. The second-order valence-electron chi connectivity index (χ2n) is 8.91. The molecule has 0 saturated carbocycles. The lowest BCUT2D eigenvalue weighted by Gasteiger charge is -2.40. The average Bonchev–Trinajstić information content (AvgIpc) is 3.28. The maximum absolute atomic E-state index is 13.3. The molecule has 1 aliphatic carbocycles. The Morgan fingerprint density at radius 2 is 1.76 bits per heavy atom. The Morgan fingerprint density at radius 3 is 2.58 bits per heavy atom. The summed E-state index contributed by atoms with van der Waals surface area (Å²) in [5, 5.41) is 0. The summed E-state index contributed by atoms with van der Waals surface area (Å²) in [6.07, 6.45) is 0. The zero-order valence-electron chi connectivity index (χ0n) is 17.5. The molecule has 5 nitrogen and oxygen atoms in total. The smallest absolute Gasteiger partial charge is 0.316 e. The number of carbonyl (C=O) groups is 1. The number of hydrogen-bond donors (Lipinski definition) is 0. The zero-order valence-corrected chi connectivity index (χ0v) is 20.7. The number of likely N-dealkylation sites (tertiary alicyclic amines) is 1. The molecule has 7 heteroatoms. The number of hydrogen-bond acceptors (Lipinski definition) is 5. The first-order valence-corrected chi connectivity index (χ1v) is 12.4. The molecule has 7 rings (SSSR count). The maximum atomic E-state index is 13.3. The van der Waals surface area contributed by atoms with Crippen LogP contribution in [0.25, 0.3) is 22.3 Å². The van der Waals surface area contributed by atoms with Gasteiger partial charge in [-0.15, -0.1) is 0 Å². The van der Waals surface area contributed by atoms with Gasteiger partial charge in [0.05, 0.1) is 38.4 Å². The van der Waals surface area contributed by atoms with Crippen LogP contribution in [-0.2, 0) is 10.3 Å². The SMILES string of the molecule is CN1CC2C(=O)Oc3c(Br)cc(Br)cc3C2C12c1ccccc1-c1nc3ccccc3nc12. The number of carbonyl (C=O) groups excluding carboxylic acids is 1. The lowest BCUT2D eigenvalue weighted by Crippen LogP contribution is -2.44. The number of benzene rings is 3. The zero-order chi connectivity index (χ0) is 22.5. The summed E-state index contributed by atoms with van der Waals surface area (Å²) < 4.78 is 7.56. The summed E-state index contributed by atoms with van der Waals surface area (Å²) >= 11 is 7.27. The molecule has 1 aromatic heterocycles. The Balaban J connectivity index is 1.62. The molecule has 1 fully saturated rings. The van der Waals surface area contributed by atoms with Crippen molar-refractivity contribution >= 4 is 48.9 Å². The third-order valence-corrected chi connectivity index (χ3v) is 8.37. The summed E-state index contributed by atoms with van der Waals surface area (Å²) in [6.45, 7) is 0.579. The lowest BCUT2D eigenvalue weighted by atomic mass is 9.70. The summed E-state index contributed by atoms with van der Waals surface area (Å²) in [6, 6.07) is 20.4. The fraction of sp³-hybridized carbons (Fsp3) is 0.192. The predicted molar refractivity (Wildman–Crippen MR) is 132 cm³/mol. The van der Waals surface area contributed by atoms with E-state index in [4.69, 9.17) is 14.7 Å². The highest BCUT2D eigenvalue weighted by Crippen LogP contribution is 2.64. The summed E-state index contributed by atoms with van der Waals surface area (Å²) in [4.78, 5) is 25.8. The Kier molecular flexibility index (Phi) is 4.03. The minimum atomic E-state index is -0.623. The molecule has 2 aliphatic heterocycles. The molecule has 0 bridgehead atoms. The molecule has 1 spiro atoms. The van der Waals surface area contributed by atoms with Gasteiger partial charge in [-0.1, -0.05) is 52.3 Å². The lowest BCUT2D eigenvalue weighted by molar-refractivity contribution is -0.140. The first-order chi connectivity index (χ1) is 16.0. The van der Waals surface area contributed by atoms with E-state index in [2.05, 4.69) is 68.1 Å². The summed E-state index contributed by atoms with van der Waals surface area (Å²) in [5.41, 5.74) is 6.13. The van der Waals surface area contributed by atoms with Crippen molar-refractivity contribution in [3.63, 3.8) is 0 Å². The number of halogens is 2. The Bertz CT molecular complexity index is 1520. The van der Waals surface area contributed by atoms with Gasteiger partial charge in [-0.05, 0) is 52.8 Å². The molecule has 3 atom stereocenters. The van der Waals surface area contributed by atoms with Crippen LogP contribution in [0.4, 0.5) is 0 Å². The highest BCUT2D eigenvalue weighted by molar-refractivity contribution is 9.11. The monoisotopic (exact) mass is 561 g/mol. The number of rotatable bonds is 0. The number of aromatic nitrogens is 2. The molecule has 33 heavy (non-hydrogen) atoms. The van der Waals surface area contributed by atoms with Crippen LogP contribution >= 0.6 is 31.9 Å². The van der Waals surface area contributed by atoms with E-state index in [1.807, 2.05) is 36.4 Å². The fourth-order valence-corrected chi connectivity index (χ4v) is 7.46. The van der Waals surface area contributed by atoms with Crippen molar-refractivity contribution < 1.29 is 9.53 Å². The Hall–Kier alpha value is -2.61. The van der Waals surface area contributed by atoms with E-state index >= 15 is 0 Å². The maximum Gasteiger partial charge on any atom is 0.316 e. The molecule has 1 saturated heterocycles. The van der Waals surface area contributed by atoms with Gasteiger partial charge in [-0.25, -0.2) is 9.97 Å². The van der Waals surface area contributed by atoms with Gasteiger partial charge in [-0.2, -0.15) is 0 Å². The van der Waals surface area contributed by atoms with Crippen molar-refractivity contribution in [1.29, 1.82) is 0 Å². The van der Waals surface area contributed by atoms with Crippen LogP contribution in [0.15, 0.2) is 69.6 Å². The van der Waals surface area contributed by atoms with Gasteiger partial charge in [0.25, 0.3) is 0 Å². The van der Waals surface area contributed by atoms with Crippen LogP contribution in [0.3, 0.4) is 0 Å². The van der Waals surface area contributed by atoms with Crippen LogP contribution < -0.4 is 4.74 Å². The van der Waals surface area contributed by atoms with Crippen LogP contribution in [0.5, 0.6) is 5.75 Å². The number of likely N-dealkylation sites (N-methyl/N-ethyl adjacent to an activating group) is 1. The van der Waals surface area contributed by atoms with Gasteiger partial charge < -0.3 is 4.74 Å². The normalized spacial score (nSPS) is 25.0. The van der Waals surface area contributed by atoms with Crippen molar-refractivity contribution in [3.05, 3.63) is 86.4 Å². The summed E-state index contributed by atoms with van der Waals surface area (Å²) in [7, 11) is 2.08. The van der Waals surface area contributed by atoms with E-state index in [0.717, 1.165) is 48.1 Å². The molecule has 162 valence electrons. The fourth-order valence-electron chi connectivity index (χ4n) is 6.13. The molecule has 0 N–H and O–H groups in total. The number of para-hydroxylation sites is 2. The predicted octanol–water partition coefficient (Wildman–Crippen LogP) is 5.64. The van der Waals surface area contributed by atoms with Crippen molar-refractivity contribution in [2.75, 3.05) is 13.6 Å². The van der Waals surface area contributed by atoms with Crippen molar-refractivity contribution in [1.82, 2.24) is 14.9 Å². The standard InChI is InChI=1S/C26H17Br2N3O2/c1-31-12-16-21(15-10-13(27)11-18(28)23(15)33-25(16)32)26(31)17-7-3-2-6-14(17)22-24(26)30-20-9-5-4-8-19(20)29-22/h2-11,16,21H,12H2,1H3. The first kappa shape index (κ1) is 19.8. The molecule has 3 heterocycles. The number of fused-ring (bicyclic) bond motifs is 10. The minimum Gasteiger partial charge on any atom is -0.425 e. The van der Waals surface area contributed by atoms with Crippen LogP contribution in [-0.4, -0.2) is 34.4 Å². The van der Waals surface area contributed by atoms with E-state index in [1.165, 1.54) is 0 Å². The van der Waals surface area contributed by atoms with Gasteiger partial charge in [-0.3, -0.25) is 9.69 Å².